The third kappa shape index (κ3) is 7.26. The average Bonchev–Trinajstić information content (AvgIpc) is 3.82. The number of ether oxygens (including phenoxy) is 2. The van der Waals surface area contributed by atoms with Gasteiger partial charge in [0.1, 0.15) is 29.7 Å². The van der Waals surface area contributed by atoms with Crippen LogP contribution in [0, 0.1) is 5.41 Å². The highest BCUT2D eigenvalue weighted by atomic mass is 32.2. The summed E-state index contributed by atoms with van der Waals surface area (Å²) >= 11 is 0. The van der Waals surface area contributed by atoms with Crippen molar-refractivity contribution in [2.24, 2.45) is 10.6 Å². The second kappa shape index (κ2) is 15.0. The van der Waals surface area contributed by atoms with E-state index in [4.69, 9.17) is 24.1 Å². The monoisotopic (exact) mass is 847 g/mol. The fourth-order valence-electron chi connectivity index (χ4n) is 7.23. The van der Waals surface area contributed by atoms with E-state index in [2.05, 4.69) is 9.97 Å². The summed E-state index contributed by atoms with van der Waals surface area (Å²) in [6, 6.07) is 29.5. The first-order valence-electron chi connectivity index (χ1n) is 18.3. The minimum Gasteiger partial charge on any atom is -0.491 e. The summed E-state index contributed by atoms with van der Waals surface area (Å²) in [5.74, 6) is 0.208. The van der Waals surface area contributed by atoms with Crippen molar-refractivity contribution in [3.63, 3.8) is 0 Å². The Morgan fingerprint density at radius 1 is 0.817 bits per heavy atom. The maximum absolute atomic E-state index is 15.0. The molecule has 9 rings (SSSR count). The molecule has 0 radical (unpaired) electrons. The Morgan fingerprint density at radius 2 is 1.47 bits per heavy atom. The SMILES string of the molecule is NS(=O)(=O)c1ccc(-c2cn(-c3ccccc3)c3c(=O)n(-c4cc(-c5cn(-c6ccccc6)c6nc[nH]c(=O)c56)ccc4OCC4(COP(=O)(O)O)COC4)cnc23)cc1. The van der Waals surface area contributed by atoms with Gasteiger partial charge in [-0.15, -0.1) is 0 Å². The van der Waals surface area contributed by atoms with Gasteiger partial charge in [0.25, 0.3) is 11.1 Å². The number of para-hydroxylation sites is 2. The minimum absolute atomic E-state index is 0.0750. The number of rotatable bonds is 12. The molecule has 1 aliphatic rings. The Balaban J connectivity index is 1.24. The van der Waals surface area contributed by atoms with Crippen LogP contribution in [0.3, 0.4) is 0 Å². The lowest BCUT2D eigenvalue weighted by molar-refractivity contribution is -0.151. The van der Waals surface area contributed by atoms with E-state index in [-0.39, 0.29) is 53.8 Å². The molecule has 0 atom stereocenters. The first-order valence-corrected chi connectivity index (χ1v) is 21.4. The molecular weight excluding hydrogens is 814 g/mol. The number of hydrogen-bond donors (Lipinski definition) is 4. The molecule has 5 N–H and O–H groups in total. The van der Waals surface area contributed by atoms with Crippen molar-refractivity contribution in [3.05, 3.63) is 149 Å². The zero-order valence-electron chi connectivity index (χ0n) is 31.3. The number of nitrogens with zero attached hydrogens (tertiary/aromatic N) is 5. The van der Waals surface area contributed by atoms with E-state index >= 15 is 4.79 Å². The molecule has 1 saturated heterocycles. The highest BCUT2D eigenvalue weighted by Gasteiger charge is 2.42. The summed E-state index contributed by atoms with van der Waals surface area (Å²) in [6.45, 7) is -0.235. The van der Waals surface area contributed by atoms with Crippen LogP contribution in [-0.4, -0.2) is 73.3 Å². The molecule has 17 nitrogen and oxygen atoms in total. The van der Waals surface area contributed by atoms with Gasteiger partial charge in [-0.05, 0) is 59.7 Å². The number of sulfonamides is 1. The first-order chi connectivity index (χ1) is 28.8. The molecule has 0 unspecified atom stereocenters. The highest BCUT2D eigenvalue weighted by molar-refractivity contribution is 7.89. The van der Waals surface area contributed by atoms with Gasteiger partial charge < -0.3 is 33.4 Å². The summed E-state index contributed by atoms with van der Waals surface area (Å²) in [7, 11) is -8.77. The summed E-state index contributed by atoms with van der Waals surface area (Å²) in [5, 5.41) is 5.66. The Hall–Kier alpha value is -6.50. The number of phosphoric ester groups is 1. The van der Waals surface area contributed by atoms with E-state index in [0.717, 1.165) is 5.69 Å². The topological polar surface area (TPSA) is 236 Å². The summed E-state index contributed by atoms with van der Waals surface area (Å²) < 4.78 is 57.1. The molecule has 5 heterocycles. The van der Waals surface area contributed by atoms with E-state index in [9.17, 15) is 27.6 Å². The van der Waals surface area contributed by atoms with Crippen molar-refractivity contribution in [1.29, 1.82) is 0 Å². The van der Waals surface area contributed by atoms with E-state index in [0.29, 0.717) is 44.5 Å². The molecule has 1 fully saturated rings. The normalized spacial score (nSPS) is 14.1. The zero-order valence-corrected chi connectivity index (χ0v) is 33.0. The number of nitrogens with two attached hydrogens (primary N) is 1. The Morgan fingerprint density at radius 3 is 2.10 bits per heavy atom. The van der Waals surface area contributed by atoms with E-state index < -0.39 is 28.8 Å². The van der Waals surface area contributed by atoms with Crippen molar-refractivity contribution in [1.82, 2.24) is 28.7 Å². The fraction of sp³-hybridized carbons (Fsp3) is 0.122. The summed E-state index contributed by atoms with van der Waals surface area (Å²) in [4.78, 5) is 59.3. The molecule has 4 aromatic carbocycles. The molecule has 19 heteroatoms. The molecule has 60 heavy (non-hydrogen) atoms. The minimum atomic E-state index is -4.81. The summed E-state index contributed by atoms with van der Waals surface area (Å²) in [5.41, 5.74) is 2.94. The smallest absolute Gasteiger partial charge is 0.469 e. The van der Waals surface area contributed by atoms with Crippen LogP contribution >= 0.6 is 7.82 Å². The van der Waals surface area contributed by atoms with Crippen LogP contribution in [0.5, 0.6) is 5.75 Å². The summed E-state index contributed by atoms with van der Waals surface area (Å²) in [6.07, 6.45) is 6.23. The van der Waals surface area contributed by atoms with Crippen molar-refractivity contribution in [2.45, 2.75) is 4.90 Å². The Labute approximate surface area is 340 Å². The van der Waals surface area contributed by atoms with Crippen LogP contribution in [0.1, 0.15) is 0 Å². The largest absolute Gasteiger partial charge is 0.491 e. The third-order valence-electron chi connectivity index (χ3n) is 10.3. The van der Waals surface area contributed by atoms with Gasteiger partial charge in [-0.2, -0.15) is 0 Å². The van der Waals surface area contributed by atoms with Crippen LogP contribution < -0.4 is 21.0 Å². The van der Waals surface area contributed by atoms with Crippen molar-refractivity contribution < 1.29 is 36.8 Å². The molecule has 1 aliphatic heterocycles. The second-order valence-corrected chi connectivity index (χ2v) is 17.1. The molecule has 0 bridgehead atoms. The number of aromatic nitrogens is 6. The number of phosphoric acid groups is 1. The predicted molar refractivity (Wildman–Crippen MR) is 221 cm³/mol. The van der Waals surface area contributed by atoms with Crippen molar-refractivity contribution in [3.8, 4) is 45.1 Å². The molecule has 0 amide bonds. The Kier molecular flexibility index (Phi) is 9.72. The number of fused-ring (bicyclic) bond motifs is 2. The molecule has 0 spiro atoms. The van der Waals surface area contributed by atoms with Gasteiger partial charge in [-0.1, -0.05) is 54.6 Å². The van der Waals surface area contributed by atoms with Gasteiger partial charge in [-0.3, -0.25) is 18.7 Å². The van der Waals surface area contributed by atoms with Crippen LogP contribution in [-0.2, 0) is 23.8 Å². The van der Waals surface area contributed by atoms with Gasteiger partial charge in [0, 0.05) is 34.9 Å². The number of hydrogen-bond acceptors (Lipinski definition) is 10. The lowest BCUT2D eigenvalue weighted by atomic mass is 9.88. The van der Waals surface area contributed by atoms with Gasteiger partial charge in [0.15, 0.2) is 5.65 Å². The number of primary sulfonamides is 1. The molecule has 0 saturated carbocycles. The van der Waals surface area contributed by atoms with Crippen LogP contribution in [0.15, 0.2) is 143 Å². The molecule has 304 valence electrons. The van der Waals surface area contributed by atoms with E-state index in [1.807, 2.05) is 60.7 Å². The van der Waals surface area contributed by atoms with Crippen LogP contribution in [0.25, 0.3) is 61.4 Å². The van der Waals surface area contributed by atoms with Crippen molar-refractivity contribution in [2.75, 3.05) is 26.4 Å². The molecule has 4 aromatic heterocycles. The van der Waals surface area contributed by atoms with Crippen molar-refractivity contribution >= 4 is 39.9 Å². The zero-order chi connectivity index (χ0) is 41.8. The maximum Gasteiger partial charge on any atom is 0.469 e. The lowest BCUT2D eigenvalue weighted by Crippen LogP contribution is -2.50. The van der Waals surface area contributed by atoms with Crippen LogP contribution in [0.2, 0.25) is 0 Å². The highest BCUT2D eigenvalue weighted by Crippen LogP contribution is 2.41. The van der Waals surface area contributed by atoms with Gasteiger partial charge in [0.05, 0.1) is 47.5 Å². The Bertz CT molecular complexity index is 3210. The molecule has 8 aromatic rings. The number of nitrogens with one attached hydrogen (secondary N) is 1. The predicted octanol–water partition coefficient (Wildman–Crippen LogP) is 4.69. The quantitative estimate of drug-likeness (QED) is 0.123. The maximum atomic E-state index is 15.0. The van der Waals surface area contributed by atoms with Gasteiger partial charge in [0.2, 0.25) is 10.0 Å². The van der Waals surface area contributed by atoms with Gasteiger partial charge in [-0.25, -0.2) is 28.1 Å². The molecular formula is C41H34N7O10PS. The van der Waals surface area contributed by atoms with E-state index in [1.54, 1.807) is 51.9 Å². The first kappa shape index (κ1) is 39.0. The molecule has 0 aliphatic carbocycles. The van der Waals surface area contributed by atoms with Crippen LogP contribution in [0.4, 0.5) is 0 Å². The average molecular weight is 848 g/mol. The number of aromatic amines is 1. The van der Waals surface area contributed by atoms with Gasteiger partial charge >= 0.3 is 7.82 Å². The lowest BCUT2D eigenvalue weighted by Gasteiger charge is -2.40. The van der Waals surface area contributed by atoms with E-state index in [1.165, 1.54) is 29.4 Å². The fourth-order valence-corrected chi connectivity index (χ4v) is 8.19. The number of benzene rings is 4. The second-order valence-electron chi connectivity index (χ2n) is 14.3. The number of H-pyrrole nitrogens is 1. The third-order valence-corrected chi connectivity index (χ3v) is 11.7. The standard InChI is InChI=1S/C41H34N7O10PS/c42-60(54,55)30-14-11-26(12-15-30)32-19-46(28-7-3-1-4-8-28)37-36(32)45-25-48(40(37)50)33-17-27(13-16-34(33)57-22-41(20-56-21-41)23-58-59(51,52)53)31-18-47(29-9-5-2-6-10-29)38-35(31)39(49)44-24-43-38/h1-19,24-25H,20-23H2,(H2,42,54,55)(H,43,44,49)(H2,51,52,53).